The minimum absolute atomic E-state index is 0.738. The number of hydrogen-bond acceptors (Lipinski definition) is 6. The van der Waals surface area contributed by atoms with Crippen molar-refractivity contribution < 1.29 is 30.6 Å². The van der Waals surface area contributed by atoms with Crippen molar-refractivity contribution >= 4 is 16.3 Å². The summed E-state index contributed by atoms with van der Waals surface area (Å²) in [5.74, 6) is 0. The molecular formula is C6H13AlO6. The lowest BCUT2D eigenvalue weighted by atomic mass is 10.0. The van der Waals surface area contributed by atoms with E-state index in [1.165, 1.54) is 0 Å². The van der Waals surface area contributed by atoms with E-state index in [1.54, 1.807) is 0 Å². The van der Waals surface area contributed by atoms with E-state index in [4.69, 9.17) is 30.6 Å². The molecular weight excluding hydrogens is 195 g/mol. The topological polar surface area (TPSA) is 121 Å². The van der Waals surface area contributed by atoms with Crippen LogP contribution in [0.3, 0.4) is 0 Å². The van der Waals surface area contributed by atoms with Crippen LogP contribution in [0.1, 0.15) is 0 Å². The molecule has 0 aliphatic carbocycles. The summed E-state index contributed by atoms with van der Waals surface area (Å²) >= 11 is 1.82. The van der Waals surface area contributed by atoms with Crippen LogP contribution >= 0.6 is 0 Å². The maximum absolute atomic E-state index is 9.11. The molecule has 0 fully saturated rings. The highest BCUT2D eigenvalue weighted by Crippen LogP contribution is 2.06. The van der Waals surface area contributed by atoms with Gasteiger partial charge < -0.3 is 30.6 Å². The average molecular weight is 208 g/mol. The predicted molar refractivity (Wildman–Crippen MR) is 42.9 cm³/mol. The van der Waals surface area contributed by atoms with Crippen LogP contribution in [0.5, 0.6) is 0 Å². The Morgan fingerprint density at radius 3 is 1.62 bits per heavy atom. The molecule has 6 N–H and O–H groups in total. The van der Waals surface area contributed by atoms with Crippen molar-refractivity contribution in [3.8, 4) is 0 Å². The summed E-state index contributed by atoms with van der Waals surface area (Å²) in [5.41, 5.74) is 0. The first-order valence-corrected chi connectivity index (χ1v) is 4.35. The third-order valence-corrected chi connectivity index (χ3v) is 2.03. The van der Waals surface area contributed by atoms with Gasteiger partial charge in [0.05, 0.1) is 12.7 Å². The third-order valence-electron chi connectivity index (χ3n) is 1.63. The Balaban J connectivity index is 4.15. The van der Waals surface area contributed by atoms with Crippen molar-refractivity contribution in [2.24, 2.45) is 0 Å². The highest BCUT2D eigenvalue weighted by molar-refractivity contribution is 6.11. The molecule has 0 aromatic heterocycles. The molecule has 2 radical (unpaired) electrons. The van der Waals surface area contributed by atoms with Gasteiger partial charge in [-0.15, -0.1) is 0 Å². The smallest absolute Gasteiger partial charge is 0.175 e. The van der Waals surface area contributed by atoms with Gasteiger partial charge in [-0.1, -0.05) is 0 Å². The first-order chi connectivity index (χ1) is 5.91. The Kier molecular flexibility index (Phi) is 6.04. The molecule has 0 aromatic carbocycles. The molecule has 0 saturated heterocycles. The van der Waals surface area contributed by atoms with E-state index in [9.17, 15) is 0 Å². The predicted octanol–water partition coefficient (Wildman–Crippen LogP) is -4.09. The monoisotopic (exact) mass is 208 g/mol. The van der Waals surface area contributed by atoms with Crippen molar-refractivity contribution in [1.29, 1.82) is 0 Å². The third kappa shape index (κ3) is 3.89. The first-order valence-electron chi connectivity index (χ1n) is 3.68. The van der Waals surface area contributed by atoms with Crippen molar-refractivity contribution in [2.75, 3.05) is 6.61 Å². The van der Waals surface area contributed by atoms with Gasteiger partial charge in [-0.25, -0.2) is 0 Å². The zero-order valence-electron chi connectivity index (χ0n) is 6.85. The first kappa shape index (κ1) is 13.3. The highest BCUT2D eigenvalue weighted by Gasteiger charge is 2.31. The van der Waals surface area contributed by atoms with Gasteiger partial charge in [-0.2, -0.15) is 0 Å². The molecule has 7 heteroatoms. The van der Waals surface area contributed by atoms with Gasteiger partial charge in [-0.3, -0.25) is 0 Å². The molecule has 1 unspecified atom stereocenters. The van der Waals surface area contributed by atoms with E-state index < -0.39 is 36.0 Å². The second kappa shape index (κ2) is 5.91. The SMILES string of the molecule is OC[C@@H](O)[C@@H](O)[C@H](O)[C@@H](O)[CH](O)[Al]. The van der Waals surface area contributed by atoms with E-state index in [0.29, 0.717) is 0 Å². The Morgan fingerprint density at radius 2 is 1.31 bits per heavy atom. The molecule has 0 bridgehead atoms. The summed E-state index contributed by atoms with van der Waals surface area (Å²) < 4.78 is 0. The minimum Gasteiger partial charge on any atom is -0.408 e. The van der Waals surface area contributed by atoms with Gasteiger partial charge in [0.2, 0.25) is 0 Å². The van der Waals surface area contributed by atoms with E-state index in [-0.39, 0.29) is 0 Å². The van der Waals surface area contributed by atoms with Crippen LogP contribution in [0.15, 0.2) is 0 Å². The molecule has 0 heterocycles. The molecule has 0 aliphatic rings. The number of hydrogen-bond donors (Lipinski definition) is 6. The van der Waals surface area contributed by atoms with Gasteiger partial charge >= 0.3 is 0 Å². The fourth-order valence-corrected chi connectivity index (χ4v) is 0.967. The largest absolute Gasteiger partial charge is 0.408 e. The van der Waals surface area contributed by atoms with Crippen LogP contribution < -0.4 is 0 Å². The highest BCUT2D eigenvalue weighted by atomic mass is 27.0. The molecule has 0 aliphatic heterocycles. The lowest BCUT2D eigenvalue weighted by Crippen LogP contribution is -2.50. The normalized spacial score (nSPS) is 23.2. The molecule has 0 spiro atoms. The van der Waals surface area contributed by atoms with Crippen LogP contribution in [0, 0.1) is 0 Å². The van der Waals surface area contributed by atoms with Crippen LogP contribution in [0.4, 0.5) is 0 Å². The summed E-state index contributed by atoms with van der Waals surface area (Å²) in [4.78, 5) is -1.31. The lowest BCUT2D eigenvalue weighted by molar-refractivity contribution is -0.129. The average Bonchev–Trinajstić information content (AvgIpc) is 2.12. The van der Waals surface area contributed by atoms with Crippen molar-refractivity contribution in [2.45, 2.75) is 29.4 Å². The quantitative estimate of drug-likeness (QED) is 0.255. The van der Waals surface area contributed by atoms with E-state index in [0.717, 1.165) is 0 Å². The molecule has 0 rings (SSSR count). The van der Waals surface area contributed by atoms with Gasteiger partial charge in [0.15, 0.2) is 16.3 Å². The number of aliphatic hydroxyl groups is 6. The maximum Gasteiger partial charge on any atom is 0.175 e. The Labute approximate surface area is 83.5 Å². The summed E-state index contributed by atoms with van der Waals surface area (Å²) in [5, 5.41) is 53.3. The van der Waals surface area contributed by atoms with Crippen LogP contribution in [-0.4, -0.2) is 82.9 Å². The second-order valence-corrected chi connectivity index (χ2v) is 3.40. The molecule has 13 heavy (non-hydrogen) atoms. The van der Waals surface area contributed by atoms with Gasteiger partial charge in [-0.05, 0) is 0 Å². The molecule has 5 atom stereocenters. The molecule has 6 nitrogen and oxygen atoms in total. The van der Waals surface area contributed by atoms with Gasteiger partial charge in [0, 0.05) is 4.97 Å². The van der Waals surface area contributed by atoms with Crippen LogP contribution in [0.25, 0.3) is 0 Å². The van der Waals surface area contributed by atoms with Gasteiger partial charge in [0.25, 0.3) is 0 Å². The molecule has 0 aromatic rings. The molecule has 0 saturated carbocycles. The van der Waals surface area contributed by atoms with Crippen molar-refractivity contribution in [1.82, 2.24) is 0 Å². The lowest BCUT2D eigenvalue weighted by Gasteiger charge is -2.27. The zero-order chi connectivity index (χ0) is 10.6. The van der Waals surface area contributed by atoms with Crippen molar-refractivity contribution in [3.63, 3.8) is 0 Å². The number of aliphatic hydroxyl groups excluding tert-OH is 6. The van der Waals surface area contributed by atoms with Crippen LogP contribution in [0.2, 0.25) is 0 Å². The Morgan fingerprint density at radius 1 is 0.846 bits per heavy atom. The Bertz CT molecular complexity index is 143. The summed E-state index contributed by atoms with van der Waals surface area (Å²) in [6, 6.07) is 0. The summed E-state index contributed by atoms with van der Waals surface area (Å²) in [6.07, 6.45) is -6.56. The van der Waals surface area contributed by atoms with E-state index in [1.807, 2.05) is 16.3 Å². The summed E-state index contributed by atoms with van der Waals surface area (Å²) in [7, 11) is 0. The Hall–Kier alpha value is 0.292. The van der Waals surface area contributed by atoms with Crippen molar-refractivity contribution in [3.05, 3.63) is 0 Å². The second-order valence-electron chi connectivity index (χ2n) is 2.71. The fraction of sp³-hybridized carbons (Fsp3) is 1.00. The number of rotatable bonds is 5. The molecule has 0 amide bonds. The summed E-state index contributed by atoms with van der Waals surface area (Å²) in [6.45, 7) is -0.738. The standard InChI is InChI=1S/C6H13O6.Al/c7-1-3(9)5(11)6(12)4(10)2-8;/h1,3-12H,2H2;/t3-,4+,5+,6+;/m0./s1. The molecule has 76 valence electrons. The van der Waals surface area contributed by atoms with E-state index in [2.05, 4.69) is 0 Å². The van der Waals surface area contributed by atoms with E-state index >= 15 is 0 Å². The van der Waals surface area contributed by atoms with Crippen LogP contribution in [-0.2, 0) is 0 Å². The zero-order valence-corrected chi connectivity index (χ0v) is 8.01. The fourth-order valence-electron chi connectivity index (χ4n) is 0.740. The van der Waals surface area contributed by atoms with Gasteiger partial charge in [0.1, 0.15) is 18.3 Å². The minimum atomic E-state index is -1.71. The maximum atomic E-state index is 9.11.